The second kappa shape index (κ2) is 7.71. The van der Waals surface area contributed by atoms with Crippen LogP contribution in [0.2, 0.25) is 0 Å². The molecule has 4 nitrogen and oxygen atoms in total. The van der Waals surface area contributed by atoms with Crippen molar-refractivity contribution < 1.29 is 18.7 Å². The maximum Gasteiger partial charge on any atom is 0.259 e. The van der Waals surface area contributed by atoms with Gasteiger partial charge in [0.1, 0.15) is 0 Å². The first-order chi connectivity index (χ1) is 13.1. The van der Waals surface area contributed by atoms with Crippen LogP contribution in [0.1, 0.15) is 51.5 Å². The van der Waals surface area contributed by atoms with Crippen LogP contribution in [0, 0.1) is 17.3 Å². The van der Waals surface area contributed by atoms with Gasteiger partial charge in [0.05, 0.1) is 0 Å². The van der Waals surface area contributed by atoms with Crippen molar-refractivity contribution in [3.05, 3.63) is 35.9 Å². The molecule has 2 fully saturated rings. The number of hydrogen-bond acceptors (Lipinski definition) is 3. The summed E-state index contributed by atoms with van der Waals surface area (Å²) in [6.07, 6.45) is 0.984. The Morgan fingerprint density at radius 3 is 2.39 bits per heavy atom. The first-order valence-corrected chi connectivity index (χ1v) is 10.3. The molecule has 1 heterocycles. The summed E-state index contributed by atoms with van der Waals surface area (Å²) >= 11 is 0. The van der Waals surface area contributed by atoms with Crippen LogP contribution in [0.3, 0.4) is 0 Å². The van der Waals surface area contributed by atoms with E-state index in [-0.39, 0.29) is 18.3 Å². The molecular weight excluding hydrogens is 362 g/mol. The summed E-state index contributed by atoms with van der Waals surface area (Å²) in [6, 6.07) is 8.59. The number of nitrogens with two attached hydrogens (primary N) is 1. The second-order valence-corrected chi connectivity index (χ2v) is 9.01. The van der Waals surface area contributed by atoms with Crippen molar-refractivity contribution in [2.75, 3.05) is 19.6 Å². The van der Waals surface area contributed by atoms with Crippen LogP contribution in [0.15, 0.2) is 30.3 Å². The maximum atomic E-state index is 13.9. The first-order valence-electron chi connectivity index (χ1n) is 10.3. The number of piperidine rings is 1. The summed E-state index contributed by atoms with van der Waals surface area (Å²) in [5, 5.41) is 11.6. The van der Waals surface area contributed by atoms with E-state index in [1.807, 2.05) is 0 Å². The molecule has 3 N–H and O–H groups in total. The molecule has 1 saturated heterocycles. The number of carbonyl (C=O) groups is 1. The number of amides is 1. The number of carbonyl (C=O) groups excluding carboxylic acids is 1. The van der Waals surface area contributed by atoms with Crippen LogP contribution in [0.25, 0.3) is 0 Å². The Morgan fingerprint density at radius 1 is 1.29 bits per heavy atom. The summed E-state index contributed by atoms with van der Waals surface area (Å²) in [6.45, 7) is 5.93. The van der Waals surface area contributed by atoms with Gasteiger partial charge < -0.3 is 15.7 Å². The minimum absolute atomic E-state index is 0.0524. The predicted molar refractivity (Wildman–Crippen MR) is 105 cm³/mol. The van der Waals surface area contributed by atoms with Crippen molar-refractivity contribution in [3.8, 4) is 0 Å². The third-order valence-corrected chi connectivity index (χ3v) is 7.27. The molecule has 1 aromatic carbocycles. The molecule has 0 spiro atoms. The fourth-order valence-corrected chi connectivity index (χ4v) is 4.77. The maximum absolute atomic E-state index is 13.9. The van der Waals surface area contributed by atoms with E-state index < -0.39 is 29.8 Å². The smallest absolute Gasteiger partial charge is 0.259 e. The molecule has 28 heavy (non-hydrogen) atoms. The minimum atomic E-state index is -2.83. The van der Waals surface area contributed by atoms with Gasteiger partial charge in [0.25, 0.3) is 5.91 Å². The fourth-order valence-electron chi connectivity index (χ4n) is 4.77. The van der Waals surface area contributed by atoms with Gasteiger partial charge in [-0.3, -0.25) is 4.79 Å². The molecule has 3 rings (SSSR count). The zero-order chi connectivity index (χ0) is 20.6. The van der Waals surface area contributed by atoms with Crippen molar-refractivity contribution in [1.29, 1.82) is 0 Å². The molecule has 2 aliphatic rings. The van der Waals surface area contributed by atoms with E-state index in [9.17, 15) is 18.7 Å². The Labute approximate surface area is 166 Å². The van der Waals surface area contributed by atoms with E-state index in [1.165, 1.54) is 0 Å². The molecule has 1 aromatic rings. The van der Waals surface area contributed by atoms with E-state index in [2.05, 4.69) is 13.8 Å². The number of rotatable bonds is 5. The van der Waals surface area contributed by atoms with E-state index in [4.69, 9.17) is 5.73 Å². The highest BCUT2D eigenvalue weighted by Crippen LogP contribution is 2.49. The second-order valence-electron chi connectivity index (χ2n) is 9.01. The SMILES string of the molecule is CC(CN)C1(C)CCN(C(=O)[C@](O)(c2ccccc2)[C@@H]2CCC(F)(F)C2)CC1. The lowest BCUT2D eigenvalue weighted by atomic mass is 9.70. The highest BCUT2D eigenvalue weighted by molar-refractivity contribution is 5.87. The number of hydrogen-bond donors (Lipinski definition) is 2. The predicted octanol–water partition coefficient (Wildman–Crippen LogP) is 3.53. The monoisotopic (exact) mass is 394 g/mol. The van der Waals surface area contributed by atoms with Crippen molar-refractivity contribution in [1.82, 2.24) is 4.90 Å². The number of halogens is 2. The van der Waals surface area contributed by atoms with Gasteiger partial charge in [-0.05, 0) is 42.7 Å². The van der Waals surface area contributed by atoms with Crippen LogP contribution in [-0.4, -0.2) is 41.5 Å². The Hall–Kier alpha value is -1.53. The molecule has 0 aromatic heterocycles. The molecule has 1 saturated carbocycles. The zero-order valence-electron chi connectivity index (χ0n) is 16.8. The largest absolute Gasteiger partial charge is 0.375 e. The summed E-state index contributed by atoms with van der Waals surface area (Å²) in [5.41, 5.74) is 4.40. The Bertz CT molecular complexity index is 689. The number of likely N-dealkylation sites (tertiary alicyclic amines) is 1. The molecule has 3 atom stereocenters. The lowest BCUT2D eigenvalue weighted by Crippen LogP contribution is -2.55. The average molecular weight is 395 g/mol. The standard InChI is InChI=1S/C22H32F2N2O2/c1-16(15-25)20(2)10-12-26(13-11-20)19(27)22(28,17-6-4-3-5-7-17)18-8-9-21(23,24)14-18/h3-7,16,18,28H,8-15,25H2,1-2H3/t16?,18-,22+/m1/s1. The molecule has 1 unspecified atom stereocenters. The molecule has 1 amide bonds. The Morgan fingerprint density at radius 2 is 1.89 bits per heavy atom. The number of alkyl halides is 2. The van der Waals surface area contributed by atoms with Gasteiger partial charge in [0, 0.05) is 31.8 Å². The van der Waals surface area contributed by atoms with E-state index in [0.29, 0.717) is 31.1 Å². The van der Waals surface area contributed by atoms with Gasteiger partial charge in [-0.2, -0.15) is 0 Å². The summed E-state index contributed by atoms with van der Waals surface area (Å²) in [7, 11) is 0. The first kappa shape index (κ1) is 21.2. The normalized spacial score (nSPS) is 27.2. The van der Waals surface area contributed by atoms with Crippen LogP contribution in [0.4, 0.5) is 8.78 Å². The lowest BCUT2D eigenvalue weighted by molar-refractivity contribution is -0.163. The summed E-state index contributed by atoms with van der Waals surface area (Å²) < 4.78 is 27.9. The van der Waals surface area contributed by atoms with Crippen LogP contribution in [0.5, 0.6) is 0 Å². The fraction of sp³-hybridized carbons (Fsp3) is 0.682. The van der Waals surface area contributed by atoms with Crippen molar-refractivity contribution in [3.63, 3.8) is 0 Å². The van der Waals surface area contributed by atoms with Gasteiger partial charge in [-0.15, -0.1) is 0 Å². The van der Waals surface area contributed by atoms with Crippen molar-refractivity contribution in [2.45, 2.75) is 57.5 Å². The van der Waals surface area contributed by atoms with E-state index in [1.54, 1.807) is 35.2 Å². The quantitative estimate of drug-likeness (QED) is 0.803. The van der Waals surface area contributed by atoms with E-state index in [0.717, 1.165) is 12.8 Å². The lowest BCUT2D eigenvalue weighted by Gasteiger charge is -2.45. The van der Waals surface area contributed by atoms with Crippen molar-refractivity contribution >= 4 is 5.91 Å². The van der Waals surface area contributed by atoms with Gasteiger partial charge >= 0.3 is 0 Å². The van der Waals surface area contributed by atoms with Crippen LogP contribution >= 0.6 is 0 Å². The molecule has 156 valence electrons. The molecule has 0 radical (unpaired) electrons. The Kier molecular flexibility index (Phi) is 5.84. The van der Waals surface area contributed by atoms with Crippen LogP contribution in [-0.2, 0) is 10.4 Å². The van der Waals surface area contributed by atoms with Gasteiger partial charge in [0.15, 0.2) is 5.60 Å². The highest BCUT2D eigenvalue weighted by atomic mass is 19.3. The third kappa shape index (κ3) is 3.81. The third-order valence-electron chi connectivity index (χ3n) is 7.27. The number of aliphatic hydroxyl groups is 1. The topological polar surface area (TPSA) is 66.6 Å². The van der Waals surface area contributed by atoms with Crippen molar-refractivity contribution in [2.24, 2.45) is 23.0 Å². The average Bonchev–Trinajstić information content (AvgIpc) is 3.07. The molecule has 0 bridgehead atoms. The molecule has 1 aliphatic heterocycles. The molecule has 1 aliphatic carbocycles. The zero-order valence-corrected chi connectivity index (χ0v) is 16.8. The van der Waals surface area contributed by atoms with Gasteiger partial charge in [-0.1, -0.05) is 44.2 Å². The minimum Gasteiger partial charge on any atom is -0.375 e. The highest BCUT2D eigenvalue weighted by Gasteiger charge is 2.55. The van der Waals surface area contributed by atoms with Gasteiger partial charge in [0.2, 0.25) is 5.92 Å². The number of nitrogens with zero attached hydrogens (tertiary/aromatic N) is 1. The van der Waals surface area contributed by atoms with E-state index >= 15 is 0 Å². The molecular formula is C22H32F2N2O2. The van der Waals surface area contributed by atoms with Gasteiger partial charge in [-0.25, -0.2) is 8.78 Å². The summed E-state index contributed by atoms with van der Waals surface area (Å²) in [5.74, 6) is -3.71. The number of benzene rings is 1. The molecule has 6 heteroatoms. The summed E-state index contributed by atoms with van der Waals surface area (Å²) in [4.78, 5) is 15.1. The van der Waals surface area contributed by atoms with Crippen LogP contribution < -0.4 is 5.73 Å². The Balaban J connectivity index is 1.85.